The molecule has 2 heteroatoms. The molecule has 0 saturated heterocycles. The summed E-state index contributed by atoms with van der Waals surface area (Å²) in [6.45, 7) is 0. The number of benzene rings is 5. The molecular formula is C28H18N2. The number of aromatic nitrogens is 1. The number of para-hydroxylation sites is 1. The SMILES string of the molecule is Nc1ccc(-n2c3ccccc3c3c4c(ccc32)-c2cccc3cccc-4c23)cc1. The van der Waals surface area contributed by atoms with Crippen LogP contribution in [-0.2, 0) is 0 Å². The van der Waals surface area contributed by atoms with Crippen molar-refractivity contribution < 1.29 is 0 Å². The van der Waals surface area contributed by atoms with Gasteiger partial charge in [-0.2, -0.15) is 0 Å². The van der Waals surface area contributed by atoms with Crippen LogP contribution < -0.4 is 5.73 Å². The Kier molecular flexibility index (Phi) is 2.91. The standard InChI is InChI=1S/C28H18N2/c29-18-11-13-19(14-12-18)30-24-10-2-1-7-22(24)28-25(30)16-15-21-20-8-3-5-17-6-4-9-23(26(17)20)27(21)28/h1-16H,29H2. The largest absolute Gasteiger partial charge is 0.399 e. The summed E-state index contributed by atoms with van der Waals surface area (Å²) in [5.41, 5.74) is 15.7. The summed E-state index contributed by atoms with van der Waals surface area (Å²) in [6.07, 6.45) is 0. The number of nitrogens with zero attached hydrogens (tertiary/aromatic N) is 1. The molecule has 0 radical (unpaired) electrons. The first-order chi connectivity index (χ1) is 14.8. The van der Waals surface area contributed by atoms with Crippen LogP contribution in [0, 0.1) is 0 Å². The van der Waals surface area contributed by atoms with E-state index in [1.165, 1.54) is 54.8 Å². The van der Waals surface area contributed by atoms with Gasteiger partial charge >= 0.3 is 0 Å². The van der Waals surface area contributed by atoms with Gasteiger partial charge in [-0.1, -0.05) is 60.7 Å². The molecule has 6 aromatic rings. The van der Waals surface area contributed by atoms with E-state index in [2.05, 4.69) is 89.5 Å². The highest BCUT2D eigenvalue weighted by Crippen LogP contribution is 2.52. The van der Waals surface area contributed by atoms with Crippen molar-refractivity contribution in [2.45, 2.75) is 0 Å². The normalized spacial score (nSPS) is 12.1. The molecule has 0 aliphatic heterocycles. The fourth-order valence-electron chi connectivity index (χ4n) is 5.24. The van der Waals surface area contributed by atoms with Gasteiger partial charge in [-0.05, 0) is 63.9 Å². The van der Waals surface area contributed by atoms with Crippen molar-refractivity contribution in [3.8, 4) is 27.9 Å². The molecule has 2 nitrogen and oxygen atoms in total. The third-order valence-corrected chi connectivity index (χ3v) is 6.45. The average molecular weight is 382 g/mol. The zero-order valence-corrected chi connectivity index (χ0v) is 16.3. The summed E-state index contributed by atoms with van der Waals surface area (Å²) < 4.78 is 2.35. The van der Waals surface area contributed by atoms with Crippen LogP contribution in [0.2, 0.25) is 0 Å². The first kappa shape index (κ1) is 15.8. The number of hydrogen-bond donors (Lipinski definition) is 1. The van der Waals surface area contributed by atoms with E-state index in [1.54, 1.807) is 0 Å². The lowest BCUT2D eigenvalue weighted by Crippen LogP contribution is -1.94. The van der Waals surface area contributed by atoms with Crippen LogP contribution in [0.3, 0.4) is 0 Å². The quantitative estimate of drug-likeness (QED) is 0.300. The van der Waals surface area contributed by atoms with Crippen LogP contribution >= 0.6 is 0 Å². The number of nitrogens with two attached hydrogens (primary N) is 1. The molecule has 0 fully saturated rings. The predicted molar refractivity (Wildman–Crippen MR) is 127 cm³/mol. The summed E-state index contributed by atoms with van der Waals surface area (Å²) in [6, 6.07) is 34.7. The first-order valence-electron chi connectivity index (χ1n) is 10.3. The van der Waals surface area contributed by atoms with Gasteiger partial charge in [0.15, 0.2) is 0 Å². The number of rotatable bonds is 1. The molecule has 0 atom stereocenters. The van der Waals surface area contributed by atoms with Gasteiger partial charge in [0.1, 0.15) is 0 Å². The fraction of sp³-hybridized carbons (Fsp3) is 0. The van der Waals surface area contributed by atoms with Gasteiger partial charge < -0.3 is 10.3 Å². The Morgan fingerprint density at radius 1 is 0.533 bits per heavy atom. The minimum absolute atomic E-state index is 0.780. The Bertz CT molecular complexity index is 1630. The molecule has 2 N–H and O–H groups in total. The summed E-state index contributed by atoms with van der Waals surface area (Å²) >= 11 is 0. The summed E-state index contributed by atoms with van der Waals surface area (Å²) in [4.78, 5) is 0. The molecule has 5 aromatic carbocycles. The molecule has 1 aliphatic carbocycles. The molecule has 0 spiro atoms. The lowest BCUT2D eigenvalue weighted by Gasteiger charge is -2.09. The molecule has 140 valence electrons. The van der Waals surface area contributed by atoms with Crippen molar-refractivity contribution in [2.24, 2.45) is 0 Å². The number of hydrogen-bond acceptors (Lipinski definition) is 1. The van der Waals surface area contributed by atoms with E-state index in [-0.39, 0.29) is 0 Å². The highest BCUT2D eigenvalue weighted by Gasteiger charge is 2.26. The molecule has 0 amide bonds. The summed E-state index contributed by atoms with van der Waals surface area (Å²) in [5.74, 6) is 0. The molecule has 1 heterocycles. The van der Waals surface area contributed by atoms with Crippen LogP contribution in [-0.4, -0.2) is 4.57 Å². The van der Waals surface area contributed by atoms with E-state index < -0.39 is 0 Å². The topological polar surface area (TPSA) is 30.9 Å². The second-order valence-corrected chi connectivity index (χ2v) is 8.04. The molecule has 1 aromatic heterocycles. The van der Waals surface area contributed by atoms with Gasteiger partial charge in [0.2, 0.25) is 0 Å². The smallest absolute Gasteiger partial charge is 0.0547 e. The second-order valence-electron chi connectivity index (χ2n) is 8.04. The van der Waals surface area contributed by atoms with Gasteiger partial charge in [0.05, 0.1) is 11.0 Å². The van der Waals surface area contributed by atoms with Crippen molar-refractivity contribution in [1.82, 2.24) is 4.57 Å². The van der Waals surface area contributed by atoms with E-state index in [4.69, 9.17) is 5.73 Å². The Morgan fingerprint density at radius 3 is 2.13 bits per heavy atom. The third kappa shape index (κ3) is 1.88. The zero-order chi connectivity index (χ0) is 19.8. The Morgan fingerprint density at radius 2 is 1.30 bits per heavy atom. The van der Waals surface area contributed by atoms with Crippen molar-refractivity contribution in [3.05, 3.63) is 97.1 Å². The van der Waals surface area contributed by atoms with Crippen LogP contribution in [0.15, 0.2) is 97.1 Å². The molecule has 0 saturated carbocycles. The highest BCUT2D eigenvalue weighted by molar-refractivity contribution is 6.26. The average Bonchev–Trinajstić information content (AvgIpc) is 3.29. The van der Waals surface area contributed by atoms with Crippen molar-refractivity contribution in [2.75, 3.05) is 5.73 Å². The van der Waals surface area contributed by atoms with E-state index in [1.807, 2.05) is 12.1 Å². The minimum atomic E-state index is 0.780. The van der Waals surface area contributed by atoms with Crippen LogP contribution in [0.4, 0.5) is 5.69 Å². The van der Waals surface area contributed by atoms with Crippen LogP contribution in [0.25, 0.3) is 60.5 Å². The number of nitrogen functional groups attached to an aromatic ring is 1. The maximum Gasteiger partial charge on any atom is 0.0547 e. The number of fused-ring (bicyclic) bond motifs is 7. The van der Waals surface area contributed by atoms with Gasteiger partial charge in [-0.25, -0.2) is 0 Å². The fourth-order valence-corrected chi connectivity index (χ4v) is 5.24. The second kappa shape index (κ2) is 5.52. The maximum atomic E-state index is 5.96. The van der Waals surface area contributed by atoms with Gasteiger partial charge in [-0.15, -0.1) is 0 Å². The highest BCUT2D eigenvalue weighted by atomic mass is 15.0. The van der Waals surface area contributed by atoms with E-state index in [0.717, 1.165) is 11.4 Å². The van der Waals surface area contributed by atoms with Crippen molar-refractivity contribution in [3.63, 3.8) is 0 Å². The van der Waals surface area contributed by atoms with E-state index >= 15 is 0 Å². The summed E-state index contributed by atoms with van der Waals surface area (Å²) in [5, 5.41) is 5.28. The Labute approximate surface area is 173 Å². The Balaban J connectivity index is 1.70. The molecule has 1 aliphatic rings. The van der Waals surface area contributed by atoms with Gasteiger partial charge in [0.25, 0.3) is 0 Å². The van der Waals surface area contributed by atoms with Crippen LogP contribution in [0.5, 0.6) is 0 Å². The van der Waals surface area contributed by atoms with Crippen molar-refractivity contribution in [1.29, 1.82) is 0 Å². The zero-order valence-electron chi connectivity index (χ0n) is 16.3. The maximum absolute atomic E-state index is 5.96. The first-order valence-corrected chi connectivity index (χ1v) is 10.3. The van der Waals surface area contributed by atoms with Gasteiger partial charge in [0, 0.05) is 27.7 Å². The molecule has 0 unspecified atom stereocenters. The molecule has 30 heavy (non-hydrogen) atoms. The Hall–Kier alpha value is -4.04. The monoisotopic (exact) mass is 382 g/mol. The van der Waals surface area contributed by atoms with E-state index in [9.17, 15) is 0 Å². The van der Waals surface area contributed by atoms with Crippen LogP contribution in [0.1, 0.15) is 0 Å². The molecule has 7 rings (SSSR count). The van der Waals surface area contributed by atoms with Crippen molar-refractivity contribution >= 4 is 38.3 Å². The summed E-state index contributed by atoms with van der Waals surface area (Å²) in [7, 11) is 0. The third-order valence-electron chi connectivity index (χ3n) is 6.45. The number of anilines is 1. The minimum Gasteiger partial charge on any atom is -0.399 e. The lowest BCUT2D eigenvalue weighted by atomic mass is 9.98. The molecule has 0 bridgehead atoms. The lowest BCUT2D eigenvalue weighted by molar-refractivity contribution is 1.18. The van der Waals surface area contributed by atoms with Gasteiger partial charge in [-0.3, -0.25) is 0 Å². The van der Waals surface area contributed by atoms with E-state index in [0.29, 0.717) is 0 Å². The molecular weight excluding hydrogens is 364 g/mol. The predicted octanol–water partition coefficient (Wildman–Crippen LogP) is 7.17.